The molecule has 1 atom stereocenters. The lowest BCUT2D eigenvalue weighted by Gasteiger charge is -2.20. The number of hydrogen-bond donors (Lipinski definition) is 2. The predicted octanol–water partition coefficient (Wildman–Crippen LogP) is -0.201. The summed E-state index contributed by atoms with van der Waals surface area (Å²) < 4.78 is 15.1. The smallest absolute Gasteiger partial charge is 0.104 e. The Balaban J connectivity index is 0.000000160. The van der Waals surface area contributed by atoms with Crippen LogP contribution < -0.4 is 0 Å². The molecule has 5 nitrogen and oxygen atoms in total. The molecule has 1 unspecified atom stereocenters. The summed E-state index contributed by atoms with van der Waals surface area (Å²) >= 11 is 0. The van der Waals surface area contributed by atoms with E-state index in [1.807, 2.05) is 0 Å². The number of ether oxygens (including phenoxy) is 3. The van der Waals surface area contributed by atoms with Gasteiger partial charge in [0.1, 0.15) is 6.10 Å². The molecule has 2 aliphatic rings. The fourth-order valence-electron chi connectivity index (χ4n) is 1.57. The largest absolute Gasteiger partial charge is 0.396 e. The van der Waals surface area contributed by atoms with Crippen molar-refractivity contribution in [2.24, 2.45) is 5.92 Å². The SMILES string of the molecule is OCC1CCOCC1.OCC1COCCO1. The second-order valence-electron chi connectivity index (χ2n) is 3.99. The van der Waals surface area contributed by atoms with Crippen LogP contribution >= 0.6 is 0 Å². The van der Waals surface area contributed by atoms with Crippen molar-refractivity contribution >= 4 is 0 Å². The Bertz CT molecular complexity index is 134. The topological polar surface area (TPSA) is 68.2 Å². The number of aliphatic hydroxyl groups excluding tert-OH is 2. The second-order valence-corrected chi connectivity index (χ2v) is 3.99. The summed E-state index contributed by atoms with van der Waals surface area (Å²) in [6.45, 7) is 3.90. The Hall–Kier alpha value is -0.200. The Morgan fingerprint density at radius 3 is 2.00 bits per heavy atom. The lowest BCUT2D eigenvalue weighted by molar-refractivity contribution is -0.105. The highest BCUT2D eigenvalue weighted by atomic mass is 16.6. The molecule has 0 aliphatic carbocycles. The molecule has 2 fully saturated rings. The van der Waals surface area contributed by atoms with E-state index in [1.54, 1.807) is 0 Å². The summed E-state index contributed by atoms with van der Waals surface area (Å²) in [6.07, 6.45) is 2.00. The molecule has 0 amide bonds. The Labute approximate surface area is 96.3 Å². The van der Waals surface area contributed by atoms with Gasteiger partial charge in [-0.3, -0.25) is 0 Å². The summed E-state index contributed by atoms with van der Waals surface area (Å²) in [7, 11) is 0. The van der Waals surface area contributed by atoms with E-state index in [2.05, 4.69) is 0 Å². The molecule has 2 aliphatic heterocycles. The molecule has 0 spiro atoms. The standard InChI is InChI=1S/C6H12O2.C5H10O3/c7-5-6-1-3-8-4-2-6;6-3-5-4-7-1-2-8-5/h6-7H,1-5H2;5-6H,1-4H2. The highest BCUT2D eigenvalue weighted by Gasteiger charge is 2.11. The van der Waals surface area contributed by atoms with Crippen LogP contribution in [0.5, 0.6) is 0 Å². The molecule has 96 valence electrons. The van der Waals surface area contributed by atoms with Crippen LogP contribution in [0.4, 0.5) is 0 Å². The first-order valence-corrected chi connectivity index (χ1v) is 5.85. The molecule has 2 saturated heterocycles. The summed E-state index contributed by atoms with van der Waals surface area (Å²) in [6, 6.07) is 0. The van der Waals surface area contributed by atoms with Crippen LogP contribution in [0.15, 0.2) is 0 Å². The maximum Gasteiger partial charge on any atom is 0.104 e. The van der Waals surface area contributed by atoms with Crippen molar-refractivity contribution < 1.29 is 24.4 Å². The van der Waals surface area contributed by atoms with Gasteiger partial charge >= 0.3 is 0 Å². The zero-order valence-electron chi connectivity index (χ0n) is 9.64. The average Bonchev–Trinajstić information content (AvgIpc) is 2.41. The minimum atomic E-state index is -0.0799. The van der Waals surface area contributed by atoms with Gasteiger partial charge in [-0.25, -0.2) is 0 Å². The lowest BCUT2D eigenvalue weighted by atomic mass is 10.0. The first-order valence-electron chi connectivity index (χ1n) is 5.85. The van der Waals surface area contributed by atoms with Crippen LogP contribution in [0.3, 0.4) is 0 Å². The van der Waals surface area contributed by atoms with Gasteiger partial charge in [-0.1, -0.05) is 0 Å². The van der Waals surface area contributed by atoms with Crippen LogP contribution in [-0.2, 0) is 14.2 Å². The number of aliphatic hydroxyl groups is 2. The van der Waals surface area contributed by atoms with Crippen LogP contribution in [-0.4, -0.2) is 62.6 Å². The van der Waals surface area contributed by atoms with Gasteiger partial charge in [-0.05, 0) is 18.8 Å². The molecule has 0 aromatic carbocycles. The molecule has 0 aromatic heterocycles. The normalized spacial score (nSPS) is 27.0. The van der Waals surface area contributed by atoms with Crippen molar-refractivity contribution in [3.05, 3.63) is 0 Å². The molecule has 0 bridgehead atoms. The van der Waals surface area contributed by atoms with Gasteiger partial charge in [0, 0.05) is 19.8 Å². The fourth-order valence-corrected chi connectivity index (χ4v) is 1.57. The first kappa shape index (κ1) is 13.9. The van der Waals surface area contributed by atoms with Gasteiger partial charge in [0.2, 0.25) is 0 Å². The maximum atomic E-state index is 8.64. The highest BCUT2D eigenvalue weighted by Crippen LogP contribution is 2.12. The molecule has 2 heterocycles. The van der Waals surface area contributed by atoms with E-state index in [-0.39, 0.29) is 12.7 Å². The van der Waals surface area contributed by atoms with Crippen LogP contribution in [0.2, 0.25) is 0 Å². The molecule has 16 heavy (non-hydrogen) atoms. The highest BCUT2D eigenvalue weighted by molar-refractivity contribution is 4.60. The molecule has 2 rings (SSSR count). The molecule has 0 aromatic rings. The van der Waals surface area contributed by atoms with E-state index in [0.717, 1.165) is 26.1 Å². The zero-order valence-corrected chi connectivity index (χ0v) is 9.64. The van der Waals surface area contributed by atoms with Gasteiger partial charge in [-0.2, -0.15) is 0 Å². The summed E-state index contributed by atoms with van der Waals surface area (Å²) in [5.41, 5.74) is 0. The summed E-state index contributed by atoms with van der Waals surface area (Å²) in [4.78, 5) is 0. The van der Waals surface area contributed by atoms with Gasteiger partial charge in [0.15, 0.2) is 0 Å². The van der Waals surface area contributed by atoms with Crippen LogP contribution in [0.1, 0.15) is 12.8 Å². The van der Waals surface area contributed by atoms with Crippen molar-refractivity contribution in [1.29, 1.82) is 0 Å². The zero-order chi connectivity index (χ0) is 11.6. The Morgan fingerprint density at radius 1 is 0.875 bits per heavy atom. The Kier molecular flexibility index (Phi) is 7.71. The molecular weight excluding hydrogens is 212 g/mol. The first-order chi connectivity index (χ1) is 7.86. The van der Waals surface area contributed by atoms with E-state index in [0.29, 0.717) is 32.3 Å². The maximum absolute atomic E-state index is 8.64. The van der Waals surface area contributed by atoms with E-state index in [9.17, 15) is 0 Å². The fraction of sp³-hybridized carbons (Fsp3) is 1.00. The molecular formula is C11H22O5. The third-order valence-corrected chi connectivity index (χ3v) is 2.69. The monoisotopic (exact) mass is 234 g/mol. The van der Waals surface area contributed by atoms with Crippen molar-refractivity contribution in [2.75, 3.05) is 46.2 Å². The van der Waals surface area contributed by atoms with Crippen LogP contribution in [0, 0.1) is 5.92 Å². The summed E-state index contributed by atoms with van der Waals surface area (Å²) in [5.74, 6) is 0.517. The molecule has 0 saturated carbocycles. The third kappa shape index (κ3) is 5.77. The summed E-state index contributed by atoms with van der Waals surface area (Å²) in [5, 5.41) is 17.1. The second kappa shape index (κ2) is 8.90. The molecule has 5 heteroatoms. The molecule has 0 radical (unpaired) electrons. The molecule has 2 N–H and O–H groups in total. The van der Waals surface area contributed by atoms with E-state index >= 15 is 0 Å². The third-order valence-electron chi connectivity index (χ3n) is 2.69. The quantitative estimate of drug-likeness (QED) is 0.692. The minimum absolute atomic E-state index is 0.0694. The van der Waals surface area contributed by atoms with Crippen molar-refractivity contribution in [3.8, 4) is 0 Å². The van der Waals surface area contributed by atoms with Crippen molar-refractivity contribution in [2.45, 2.75) is 18.9 Å². The van der Waals surface area contributed by atoms with Gasteiger partial charge in [-0.15, -0.1) is 0 Å². The number of hydrogen-bond acceptors (Lipinski definition) is 5. The van der Waals surface area contributed by atoms with E-state index in [1.165, 1.54) is 0 Å². The van der Waals surface area contributed by atoms with Gasteiger partial charge in [0.25, 0.3) is 0 Å². The predicted molar refractivity (Wildman–Crippen MR) is 58.3 cm³/mol. The minimum Gasteiger partial charge on any atom is -0.396 e. The number of rotatable bonds is 2. The van der Waals surface area contributed by atoms with E-state index in [4.69, 9.17) is 24.4 Å². The van der Waals surface area contributed by atoms with Gasteiger partial charge < -0.3 is 24.4 Å². The van der Waals surface area contributed by atoms with Crippen LogP contribution in [0.25, 0.3) is 0 Å². The Morgan fingerprint density at radius 2 is 1.62 bits per heavy atom. The van der Waals surface area contributed by atoms with E-state index < -0.39 is 0 Å². The average molecular weight is 234 g/mol. The lowest BCUT2D eigenvalue weighted by Crippen LogP contribution is -2.31. The van der Waals surface area contributed by atoms with Crippen molar-refractivity contribution in [3.63, 3.8) is 0 Å². The van der Waals surface area contributed by atoms with Gasteiger partial charge in [0.05, 0.1) is 26.4 Å². The van der Waals surface area contributed by atoms with Crippen molar-refractivity contribution in [1.82, 2.24) is 0 Å².